The molecule has 266 valence electrons. The van der Waals surface area contributed by atoms with E-state index in [9.17, 15) is 25.9 Å². The van der Waals surface area contributed by atoms with Crippen molar-refractivity contribution < 1.29 is 30.5 Å². The molecular weight excluding hydrogens is 683 g/mol. The molecule has 0 saturated heterocycles. The second-order valence-corrected chi connectivity index (χ2v) is 16.9. The van der Waals surface area contributed by atoms with Crippen LogP contribution in [0.4, 0.5) is 11.4 Å². The van der Waals surface area contributed by atoms with E-state index in [0.29, 0.717) is 17.3 Å². The van der Waals surface area contributed by atoms with Crippen molar-refractivity contribution in [3.8, 4) is 0 Å². The summed E-state index contributed by atoms with van der Waals surface area (Å²) in [5.74, 6) is 0. The van der Waals surface area contributed by atoms with Crippen molar-refractivity contribution in [1.82, 2.24) is 0 Å². The monoisotopic (exact) mass is 724 g/mol. The topological polar surface area (TPSA) is 147 Å². The van der Waals surface area contributed by atoms with Crippen LogP contribution in [-0.2, 0) is 31.1 Å². The van der Waals surface area contributed by atoms with Gasteiger partial charge in [-0.3, -0.25) is 0 Å². The molecule has 4 aromatic carbocycles. The van der Waals surface area contributed by atoms with Crippen LogP contribution in [0, 0.1) is 0 Å². The Morgan fingerprint density at radius 3 is 2.06 bits per heavy atom. The Morgan fingerprint density at radius 2 is 1.37 bits per heavy atom. The van der Waals surface area contributed by atoms with Crippen molar-refractivity contribution >= 4 is 58.9 Å². The van der Waals surface area contributed by atoms with Crippen LogP contribution in [0.2, 0.25) is 0 Å². The lowest BCUT2D eigenvalue weighted by Crippen LogP contribution is -2.27. The van der Waals surface area contributed by atoms with Crippen LogP contribution in [0.25, 0.3) is 21.5 Å². The summed E-state index contributed by atoms with van der Waals surface area (Å²) in [7, 11) is -7.11. The number of hydrogen-bond donors (Lipinski definition) is 1. The van der Waals surface area contributed by atoms with Gasteiger partial charge in [0.25, 0.3) is 0 Å². The number of nitrogens with two attached hydrogens (primary N) is 1. The lowest BCUT2D eigenvalue weighted by Gasteiger charge is -2.27. The smallest absolute Gasteiger partial charge is 0.210 e. The summed E-state index contributed by atoms with van der Waals surface area (Å²) in [6.45, 7) is 9.97. The van der Waals surface area contributed by atoms with Gasteiger partial charge in [0.2, 0.25) is 5.69 Å². The van der Waals surface area contributed by atoms with Crippen LogP contribution in [0.5, 0.6) is 0 Å². The van der Waals surface area contributed by atoms with E-state index in [0.717, 1.165) is 64.1 Å². The molecule has 0 aliphatic carbocycles. The van der Waals surface area contributed by atoms with Crippen LogP contribution in [-0.4, -0.2) is 56.4 Å². The van der Waals surface area contributed by atoms with Crippen LogP contribution in [0.15, 0.2) is 119 Å². The van der Waals surface area contributed by atoms with Gasteiger partial charge >= 0.3 is 0 Å². The molecule has 0 bridgehead atoms. The fraction of sp³-hybridized carbons (Fsp3) is 0.275. The maximum absolute atomic E-state index is 11.7. The van der Waals surface area contributed by atoms with Crippen molar-refractivity contribution in [2.24, 2.45) is 5.73 Å². The second kappa shape index (κ2) is 13.3. The maximum atomic E-state index is 11.7. The van der Waals surface area contributed by atoms with Crippen LogP contribution < -0.4 is 10.6 Å². The predicted octanol–water partition coefficient (Wildman–Crippen LogP) is 6.90. The zero-order chi connectivity index (χ0) is 36.9. The second-order valence-electron chi connectivity index (χ2n) is 14.2. The third-order valence-electron chi connectivity index (χ3n) is 10.1. The average Bonchev–Trinajstić information content (AvgIpc) is 3.39. The van der Waals surface area contributed by atoms with Gasteiger partial charge < -0.3 is 19.7 Å². The van der Waals surface area contributed by atoms with E-state index in [-0.39, 0.29) is 20.6 Å². The average molecular weight is 725 g/mol. The molecule has 2 N–H and O–H groups in total. The molecule has 0 unspecified atom stereocenters. The SMILES string of the molecule is C[N+]1=C(/C=C/C=C/C=C/C=C2\N(CCCCN)c3cc4cc(S(=O)(=O)[O-])ccc4cc3C2(C)C)C(C)(C)c2c1ccc1cc(S(=O)(=O)[O-])ccc21. The molecule has 2 aliphatic heterocycles. The molecule has 0 aromatic heterocycles. The van der Waals surface area contributed by atoms with Gasteiger partial charge in [0, 0.05) is 41.1 Å². The Labute approximate surface area is 300 Å². The lowest BCUT2D eigenvalue weighted by atomic mass is 9.79. The highest BCUT2D eigenvalue weighted by Gasteiger charge is 2.44. The van der Waals surface area contributed by atoms with Crippen molar-refractivity contribution in [2.75, 3.05) is 25.0 Å². The van der Waals surface area contributed by atoms with Gasteiger partial charge in [-0.25, -0.2) is 16.8 Å². The number of hydrogen-bond acceptors (Lipinski definition) is 8. The van der Waals surface area contributed by atoms with Gasteiger partial charge in [-0.2, -0.15) is 4.58 Å². The van der Waals surface area contributed by atoms with E-state index in [1.54, 1.807) is 12.1 Å². The zero-order valence-electron chi connectivity index (χ0n) is 29.4. The minimum Gasteiger partial charge on any atom is -0.744 e. The minimum atomic E-state index is -4.57. The van der Waals surface area contributed by atoms with Gasteiger partial charge in [-0.1, -0.05) is 56.4 Å². The summed E-state index contributed by atoms with van der Waals surface area (Å²) in [6.07, 6.45) is 15.9. The summed E-state index contributed by atoms with van der Waals surface area (Å²) in [6, 6.07) is 16.9. The molecule has 0 atom stereocenters. The quantitative estimate of drug-likeness (QED) is 0.0805. The molecule has 9 nitrogen and oxygen atoms in total. The van der Waals surface area contributed by atoms with Crippen LogP contribution >= 0.6 is 0 Å². The first-order valence-corrected chi connectivity index (χ1v) is 19.7. The number of unbranched alkanes of at least 4 members (excludes halogenated alkanes) is 1. The van der Waals surface area contributed by atoms with Gasteiger partial charge in [-0.05, 0) is 109 Å². The first-order chi connectivity index (χ1) is 24.0. The highest BCUT2D eigenvalue weighted by atomic mass is 32.2. The standard InChI is InChI=1S/C40H43N3O6S2/c1-39(2)33-25-27-15-17-30(50(44,45)46)24-29(27)26-35(33)43(22-12-11-21-41)37(39)14-10-8-6-7-9-13-36-40(3,4)38-32-19-18-31(51(47,48)49)23-28(32)16-20-34(38)42(36)5/h6-10,13-20,23-26H,11-12,21-22,41H2,1-5H3,(H-,44,45,46,47,48,49)/p-1. The lowest BCUT2D eigenvalue weighted by molar-refractivity contribution is -0.401. The Hall–Kier alpha value is -4.39. The van der Waals surface area contributed by atoms with Crippen molar-refractivity contribution in [3.63, 3.8) is 0 Å². The molecule has 6 rings (SSSR count). The summed E-state index contributed by atoms with van der Waals surface area (Å²) < 4.78 is 72.1. The summed E-state index contributed by atoms with van der Waals surface area (Å²) in [5, 5.41) is 3.19. The van der Waals surface area contributed by atoms with E-state index < -0.39 is 20.2 Å². The van der Waals surface area contributed by atoms with E-state index in [1.165, 1.54) is 24.3 Å². The van der Waals surface area contributed by atoms with Gasteiger partial charge in [0.15, 0.2) is 5.71 Å². The van der Waals surface area contributed by atoms with Crippen LogP contribution in [0.1, 0.15) is 51.7 Å². The van der Waals surface area contributed by atoms with Crippen molar-refractivity contribution in [3.05, 3.63) is 120 Å². The van der Waals surface area contributed by atoms with Crippen molar-refractivity contribution in [1.29, 1.82) is 0 Å². The Balaban J connectivity index is 1.24. The van der Waals surface area contributed by atoms with Gasteiger partial charge in [0.05, 0.1) is 15.2 Å². The molecule has 0 fully saturated rings. The predicted molar refractivity (Wildman–Crippen MR) is 202 cm³/mol. The van der Waals surface area contributed by atoms with E-state index in [4.69, 9.17) is 5.73 Å². The molecule has 0 spiro atoms. The number of nitrogens with zero attached hydrogens (tertiary/aromatic N) is 2. The molecule has 4 aromatic rings. The molecule has 0 radical (unpaired) electrons. The summed E-state index contributed by atoms with van der Waals surface area (Å²) >= 11 is 0. The molecule has 2 aliphatic rings. The highest BCUT2D eigenvalue weighted by Crippen LogP contribution is 2.49. The van der Waals surface area contributed by atoms with Gasteiger partial charge in [-0.15, -0.1) is 0 Å². The number of rotatable bonds is 10. The Bertz CT molecular complexity index is 2450. The van der Waals surface area contributed by atoms with E-state index in [1.807, 2.05) is 55.6 Å². The van der Waals surface area contributed by atoms with E-state index >= 15 is 0 Å². The van der Waals surface area contributed by atoms with Gasteiger partial charge in [0.1, 0.15) is 27.3 Å². The highest BCUT2D eigenvalue weighted by molar-refractivity contribution is 7.86. The van der Waals surface area contributed by atoms with E-state index in [2.05, 4.69) is 55.4 Å². The number of fused-ring (bicyclic) bond motifs is 5. The third-order valence-corrected chi connectivity index (χ3v) is 11.8. The molecule has 0 amide bonds. The molecular formula is C40H42N3O6S2-. The zero-order valence-corrected chi connectivity index (χ0v) is 31.0. The number of benzene rings is 4. The number of allylic oxidation sites excluding steroid dienone is 8. The fourth-order valence-electron chi connectivity index (χ4n) is 7.57. The number of anilines is 1. The maximum Gasteiger partial charge on any atom is 0.210 e. The largest absolute Gasteiger partial charge is 0.744 e. The normalized spacial score (nSPS) is 18.0. The fourth-order valence-corrected chi connectivity index (χ4v) is 8.59. The summed E-state index contributed by atoms with van der Waals surface area (Å²) in [4.78, 5) is 1.80. The molecule has 0 saturated carbocycles. The molecule has 2 heterocycles. The summed E-state index contributed by atoms with van der Waals surface area (Å²) in [5.41, 5.74) is 11.5. The first-order valence-electron chi connectivity index (χ1n) is 16.8. The molecule has 11 heteroatoms. The third kappa shape index (κ3) is 6.72. The van der Waals surface area contributed by atoms with Crippen molar-refractivity contribution in [2.45, 2.75) is 61.2 Å². The first kappa shape index (κ1) is 36.4. The Kier molecular flexibility index (Phi) is 9.49. The minimum absolute atomic E-state index is 0.235. The molecule has 51 heavy (non-hydrogen) atoms. The Morgan fingerprint density at radius 1 is 0.745 bits per heavy atom. The van der Waals surface area contributed by atoms with Crippen LogP contribution in [0.3, 0.4) is 0 Å².